The van der Waals surface area contributed by atoms with Crippen molar-refractivity contribution in [3.63, 3.8) is 0 Å². The Morgan fingerprint density at radius 1 is 1.00 bits per heavy atom. The summed E-state index contributed by atoms with van der Waals surface area (Å²) in [6, 6.07) is 12.1. The van der Waals surface area contributed by atoms with Crippen molar-refractivity contribution in [1.29, 1.82) is 0 Å². The Balaban J connectivity index is 1.47. The number of halogens is 2. The first-order valence-corrected chi connectivity index (χ1v) is 9.68. The molecule has 2 aromatic carbocycles. The van der Waals surface area contributed by atoms with Crippen LogP contribution in [0.3, 0.4) is 0 Å². The molecule has 0 N–H and O–H groups in total. The molecule has 0 atom stereocenters. The Labute approximate surface area is 163 Å². The molecular formula is C22H23F2N3O. The van der Waals surface area contributed by atoms with Gasteiger partial charge >= 0.3 is 0 Å². The van der Waals surface area contributed by atoms with E-state index in [9.17, 15) is 13.6 Å². The Kier molecular flexibility index (Phi) is 5.11. The van der Waals surface area contributed by atoms with Crippen LogP contribution in [0.25, 0.3) is 0 Å². The lowest BCUT2D eigenvalue weighted by molar-refractivity contribution is -0.129. The number of anilines is 1. The molecule has 1 amide bonds. The molecule has 0 radical (unpaired) electrons. The quantitative estimate of drug-likeness (QED) is 0.792. The number of carbonyl (C=O) groups excluding carboxylic acids is 1. The summed E-state index contributed by atoms with van der Waals surface area (Å²) in [7, 11) is 0. The lowest BCUT2D eigenvalue weighted by atomic mass is 9.88. The van der Waals surface area contributed by atoms with Gasteiger partial charge in [-0.05, 0) is 42.0 Å². The lowest BCUT2D eigenvalue weighted by Crippen LogP contribution is -2.36. The first-order chi connectivity index (χ1) is 13.5. The van der Waals surface area contributed by atoms with Crippen LogP contribution in [0.2, 0.25) is 0 Å². The molecule has 4 rings (SSSR count). The zero-order valence-corrected chi connectivity index (χ0v) is 15.9. The molecule has 28 heavy (non-hydrogen) atoms. The topological polar surface area (TPSA) is 35.9 Å². The maximum Gasteiger partial charge on any atom is 0.219 e. The largest absolute Gasteiger partial charge is 0.343 e. The van der Waals surface area contributed by atoms with Gasteiger partial charge in [-0.3, -0.25) is 9.80 Å². The molecule has 2 aliphatic heterocycles. The van der Waals surface area contributed by atoms with E-state index in [0.29, 0.717) is 18.9 Å². The normalized spacial score (nSPS) is 17.8. The highest BCUT2D eigenvalue weighted by Gasteiger charge is 2.24. The van der Waals surface area contributed by atoms with Gasteiger partial charge in [-0.2, -0.15) is 5.10 Å². The van der Waals surface area contributed by atoms with Crippen LogP contribution in [-0.2, 0) is 4.79 Å². The molecular weight excluding hydrogens is 360 g/mol. The number of piperidine rings is 1. The van der Waals surface area contributed by atoms with Gasteiger partial charge in [0.15, 0.2) is 11.6 Å². The first-order valence-electron chi connectivity index (χ1n) is 9.68. The van der Waals surface area contributed by atoms with Crippen LogP contribution in [0.1, 0.15) is 43.2 Å². The van der Waals surface area contributed by atoms with E-state index in [2.05, 4.69) is 17.2 Å². The van der Waals surface area contributed by atoms with Crippen molar-refractivity contribution >= 4 is 17.3 Å². The molecule has 0 aromatic heterocycles. The lowest BCUT2D eigenvalue weighted by Gasteiger charge is -2.31. The second-order valence-electron chi connectivity index (χ2n) is 7.39. The van der Waals surface area contributed by atoms with Gasteiger partial charge in [-0.25, -0.2) is 8.78 Å². The molecule has 0 aliphatic carbocycles. The molecule has 1 saturated heterocycles. The van der Waals surface area contributed by atoms with Gasteiger partial charge in [-0.15, -0.1) is 0 Å². The van der Waals surface area contributed by atoms with Crippen LogP contribution in [0, 0.1) is 11.6 Å². The molecule has 0 unspecified atom stereocenters. The van der Waals surface area contributed by atoms with Crippen LogP contribution in [0.15, 0.2) is 47.6 Å². The standard InChI is InChI=1S/C22H23F2N3O/c1-15(28)26-12-9-17(10-13-26)16-5-7-18(8-6-16)21-11-14-27(25-21)22-19(23)3-2-4-20(22)24/h2-8,17H,9-14H2,1H3. The molecule has 4 nitrogen and oxygen atoms in total. The Hall–Kier alpha value is -2.76. The van der Waals surface area contributed by atoms with Crippen molar-refractivity contribution < 1.29 is 13.6 Å². The minimum atomic E-state index is -0.600. The SMILES string of the molecule is CC(=O)N1CCC(c2ccc(C3=NN(c4c(F)cccc4F)CC3)cc2)CC1. The first kappa shape index (κ1) is 18.6. The second kappa shape index (κ2) is 7.70. The molecule has 1 fully saturated rings. The van der Waals surface area contributed by atoms with Gasteiger partial charge in [0.25, 0.3) is 0 Å². The number of nitrogens with zero attached hydrogens (tertiary/aromatic N) is 3. The number of para-hydroxylation sites is 1. The highest BCUT2D eigenvalue weighted by atomic mass is 19.1. The zero-order valence-electron chi connectivity index (χ0n) is 15.9. The van der Waals surface area contributed by atoms with Crippen LogP contribution >= 0.6 is 0 Å². The molecule has 146 valence electrons. The van der Waals surface area contributed by atoms with Crippen LogP contribution in [-0.4, -0.2) is 36.2 Å². The van der Waals surface area contributed by atoms with Crippen molar-refractivity contribution in [2.24, 2.45) is 5.10 Å². The van der Waals surface area contributed by atoms with Crippen LogP contribution in [0.4, 0.5) is 14.5 Å². The third kappa shape index (κ3) is 3.63. The Morgan fingerprint density at radius 2 is 1.64 bits per heavy atom. The summed E-state index contributed by atoms with van der Waals surface area (Å²) in [6.07, 6.45) is 2.59. The Morgan fingerprint density at radius 3 is 2.25 bits per heavy atom. The fourth-order valence-corrected chi connectivity index (χ4v) is 4.03. The highest BCUT2D eigenvalue weighted by Crippen LogP contribution is 2.30. The van der Waals surface area contributed by atoms with Crippen molar-refractivity contribution in [3.8, 4) is 0 Å². The number of likely N-dealkylation sites (tertiary alicyclic amines) is 1. The minimum Gasteiger partial charge on any atom is -0.343 e. The van der Waals surface area contributed by atoms with Crippen LogP contribution < -0.4 is 5.01 Å². The maximum atomic E-state index is 14.0. The van der Waals surface area contributed by atoms with E-state index in [-0.39, 0.29) is 11.6 Å². The van der Waals surface area contributed by atoms with Crippen LogP contribution in [0.5, 0.6) is 0 Å². The smallest absolute Gasteiger partial charge is 0.219 e. The molecule has 0 bridgehead atoms. The fraction of sp³-hybridized carbons (Fsp3) is 0.364. The summed E-state index contributed by atoms with van der Waals surface area (Å²) in [6.45, 7) is 3.68. The highest BCUT2D eigenvalue weighted by molar-refractivity contribution is 6.02. The summed E-state index contributed by atoms with van der Waals surface area (Å²) in [5.41, 5.74) is 2.98. The maximum absolute atomic E-state index is 14.0. The summed E-state index contributed by atoms with van der Waals surface area (Å²) in [5.74, 6) is -0.599. The van der Waals surface area contributed by atoms with Gasteiger partial charge in [0.05, 0.1) is 5.71 Å². The van der Waals surface area contributed by atoms with Crippen molar-refractivity contribution in [3.05, 3.63) is 65.2 Å². The summed E-state index contributed by atoms with van der Waals surface area (Å²) < 4.78 is 28.0. The number of hydrazone groups is 1. The van der Waals surface area contributed by atoms with Crippen molar-refractivity contribution in [2.45, 2.75) is 32.1 Å². The van der Waals surface area contributed by atoms with Gasteiger partial charge < -0.3 is 4.90 Å². The molecule has 2 aromatic rings. The van der Waals surface area contributed by atoms with E-state index in [0.717, 1.165) is 37.2 Å². The average Bonchev–Trinajstić information content (AvgIpc) is 3.18. The predicted molar refractivity (Wildman–Crippen MR) is 106 cm³/mol. The van der Waals surface area contributed by atoms with Gasteiger partial charge in [-0.1, -0.05) is 30.3 Å². The number of carbonyl (C=O) groups is 1. The van der Waals surface area contributed by atoms with Gasteiger partial charge in [0, 0.05) is 33.0 Å². The third-order valence-electron chi connectivity index (χ3n) is 5.65. The van der Waals surface area contributed by atoms with E-state index in [1.807, 2.05) is 17.0 Å². The number of hydrogen-bond acceptors (Lipinski definition) is 3. The molecule has 0 saturated carbocycles. The molecule has 0 spiro atoms. The monoisotopic (exact) mass is 383 g/mol. The van der Waals surface area contributed by atoms with Gasteiger partial charge in [0.1, 0.15) is 5.69 Å². The van der Waals surface area contributed by atoms with E-state index in [1.165, 1.54) is 28.8 Å². The summed E-state index contributed by atoms with van der Waals surface area (Å²) >= 11 is 0. The minimum absolute atomic E-state index is 0.0913. The second-order valence-corrected chi connectivity index (χ2v) is 7.39. The van der Waals surface area contributed by atoms with Crippen molar-refractivity contribution in [1.82, 2.24) is 4.90 Å². The van der Waals surface area contributed by atoms with E-state index in [1.54, 1.807) is 6.92 Å². The van der Waals surface area contributed by atoms with E-state index >= 15 is 0 Å². The summed E-state index contributed by atoms with van der Waals surface area (Å²) in [4.78, 5) is 13.4. The fourth-order valence-electron chi connectivity index (χ4n) is 4.03. The Bertz CT molecular complexity index is 882. The number of amides is 1. The third-order valence-corrected chi connectivity index (χ3v) is 5.65. The number of hydrogen-bond donors (Lipinski definition) is 0. The molecule has 2 aliphatic rings. The van der Waals surface area contributed by atoms with E-state index in [4.69, 9.17) is 0 Å². The number of rotatable bonds is 3. The average molecular weight is 383 g/mol. The van der Waals surface area contributed by atoms with Crippen molar-refractivity contribution in [2.75, 3.05) is 24.6 Å². The molecule has 6 heteroatoms. The molecule has 2 heterocycles. The number of benzene rings is 2. The predicted octanol–water partition coefficient (Wildman–Crippen LogP) is 4.31. The zero-order chi connectivity index (χ0) is 19.7. The van der Waals surface area contributed by atoms with Gasteiger partial charge in [0.2, 0.25) is 5.91 Å². The summed E-state index contributed by atoms with van der Waals surface area (Å²) in [5, 5.41) is 5.86. The van der Waals surface area contributed by atoms with E-state index < -0.39 is 11.6 Å².